The van der Waals surface area contributed by atoms with Gasteiger partial charge in [0.15, 0.2) is 0 Å². The number of nitrogens with zero attached hydrogens (tertiary/aromatic N) is 4. The largest absolute Gasteiger partial charge is 0.382 e. The van der Waals surface area contributed by atoms with Crippen molar-refractivity contribution in [3.8, 4) is 10.6 Å². The molecule has 0 aliphatic carbocycles. The number of hydrogen-bond acceptors (Lipinski definition) is 4. The van der Waals surface area contributed by atoms with E-state index in [0.717, 1.165) is 38.7 Å². The second-order valence-corrected chi connectivity index (χ2v) is 5.57. The van der Waals surface area contributed by atoms with Crippen LogP contribution in [0.5, 0.6) is 0 Å². The van der Waals surface area contributed by atoms with Crippen LogP contribution >= 0.6 is 11.3 Å². The molecule has 0 aromatic carbocycles. The van der Waals surface area contributed by atoms with Crippen LogP contribution in [0, 0.1) is 19.3 Å². The molecule has 0 atom stereocenters. The molecule has 6 nitrogen and oxygen atoms in total. The molecule has 7 heteroatoms. The van der Waals surface area contributed by atoms with Crippen molar-refractivity contribution in [1.29, 1.82) is 5.41 Å². The van der Waals surface area contributed by atoms with Gasteiger partial charge in [0.25, 0.3) is 0 Å². The van der Waals surface area contributed by atoms with E-state index < -0.39 is 0 Å². The van der Waals surface area contributed by atoms with E-state index >= 15 is 0 Å². The minimum Gasteiger partial charge on any atom is -0.382 e. The van der Waals surface area contributed by atoms with Crippen LogP contribution in [0.2, 0.25) is 0 Å². The maximum Gasteiger partial charge on any atom is 0.144 e. The first-order valence-corrected chi connectivity index (χ1v) is 7.18. The van der Waals surface area contributed by atoms with E-state index in [1.165, 1.54) is 11.3 Å². The lowest BCUT2D eigenvalue weighted by atomic mass is 10.2. The molecule has 0 unspecified atom stereocenters. The Kier molecular flexibility index (Phi) is 3.26. The number of rotatable bonds is 3. The zero-order valence-corrected chi connectivity index (χ0v) is 12.5. The Morgan fingerprint density at radius 2 is 2.19 bits per heavy atom. The number of aryl methyl sites for hydroxylation is 2. The zero-order chi connectivity index (χ0) is 15.0. The van der Waals surface area contributed by atoms with Gasteiger partial charge in [0.05, 0.1) is 27.3 Å². The van der Waals surface area contributed by atoms with Crippen molar-refractivity contribution in [3.05, 3.63) is 40.7 Å². The number of hydrogen-bond donors (Lipinski definition) is 2. The standard InChI is InChI=1S/C14H14N6S/c1-8-11(10-5-3-4-6-20(10)19-8)14-18-9(2)12(21-14)13(16)17-7-15/h3-7H,1-2H3,(H3,15,16,17). The summed E-state index contributed by atoms with van der Waals surface area (Å²) < 4.78 is 1.84. The first kappa shape index (κ1) is 13.4. The van der Waals surface area contributed by atoms with Crippen molar-refractivity contribution < 1.29 is 0 Å². The van der Waals surface area contributed by atoms with Crippen molar-refractivity contribution >= 4 is 29.0 Å². The van der Waals surface area contributed by atoms with Crippen molar-refractivity contribution in [2.75, 3.05) is 0 Å². The van der Waals surface area contributed by atoms with E-state index in [2.05, 4.69) is 15.1 Å². The Morgan fingerprint density at radius 1 is 1.38 bits per heavy atom. The summed E-state index contributed by atoms with van der Waals surface area (Å²) in [4.78, 5) is 9.21. The highest BCUT2D eigenvalue weighted by atomic mass is 32.1. The molecule has 0 amide bonds. The number of thiazole rings is 1. The minimum absolute atomic E-state index is 0.320. The second-order valence-electron chi connectivity index (χ2n) is 4.57. The fourth-order valence-electron chi connectivity index (χ4n) is 2.25. The Labute approximate surface area is 125 Å². The molecule has 0 aliphatic rings. The van der Waals surface area contributed by atoms with Crippen LogP contribution < -0.4 is 5.73 Å². The van der Waals surface area contributed by atoms with Gasteiger partial charge in [0.1, 0.15) is 17.2 Å². The topological polar surface area (TPSA) is 92.4 Å². The van der Waals surface area contributed by atoms with Gasteiger partial charge >= 0.3 is 0 Å². The number of fused-ring (bicyclic) bond motifs is 1. The molecule has 3 aromatic rings. The Hall–Kier alpha value is -2.54. The monoisotopic (exact) mass is 298 g/mol. The molecule has 0 radical (unpaired) electrons. The fraction of sp³-hybridized carbons (Fsp3) is 0.143. The highest BCUT2D eigenvalue weighted by Crippen LogP contribution is 2.33. The molecule has 106 valence electrons. The van der Waals surface area contributed by atoms with Crippen LogP contribution in [0.25, 0.3) is 16.1 Å². The summed E-state index contributed by atoms with van der Waals surface area (Å²) in [6.07, 6.45) is 2.85. The van der Waals surface area contributed by atoms with Crippen molar-refractivity contribution in [2.45, 2.75) is 13.8 Å². The molecule has 0 saturated carbocycles. The first-order chi connectivity index (χ1) is 10.1. The number of nitrogens with two attached hydrogens (primary N) is 1. The third kappa shape index (κ3) is 2.21. The summed E-state index contributed by atoms with van der Waals surface area (Å²) >= 11 is 1.47. The highest BCUT2D eigenvalue weighted by molar-refractivity contribution is 7.17. The summed E-state index contributed by atoms with van der Waals surface area (Å²) in [5.41, 5.74) is 9.63. The number of amidine groups is 1. The summed E-state index contributed by atoms with van der Waals surface area (Å²) in [7, 11) is 0. The number of pyridine rings is 1. The number of nitrogens with one attached hydrogen (secondary N) is 1. The van der Waals surface area contributed by atoms with Crippen LogP contribution in [0.15, 0.2) is 29.4 Å². The van der Waals surface area contributed by atoms with Crippen molar-refractivity contribution in [3.63, 3.8) is 0 Å². The molecule has 21 heavy (non-hydrogen) atoms. The molecule has 3 rings (SSSR count). The van der Waals surface area contributed by atoms with Gasteiger partial charge in [0, 0.05) is 6.20 Å². The molecule has 0 spiro atoms. The predicted molar refractivity (Wildman–Crippen MR) is 85.3 cm³/mol. The molecule has 0 bridgehead atoms. The van der Waals surface area contributed by atoms with Gasteiger partial charge < -0.3 is 5.73 Å². The van der Waals surface area contributed by atoms with Gasteiger partial charge in [-0.25, -0.2) is 14.5 Å². The van der Waals surface area contributed by atoms with Crippen LogP contribution in [-0.2, 0) is 0 Å². The molecule has 0 fully saturated rings. The van der Waals surface area contributed by atoms with Crippen LogP contribution in [-0.4, -0.2) is 26.8 Å². The maximum atomic E-state index is 7.02. The molecule has 0 saturated heterocycles. The second kappa shape index (κ2) is 5.10. The number of aliphatic imine (C=N–C) groups is 1. The third-order valence-corrected chi connectivity index (χ3v) is 4.36. The summed E-state index contributed by atoms with van der Waals surface area (Å²) in [5.74, 6) is 0.320. The lowest BCUT2D eigenvalue weighted by molar-refractivity contribution is 0.934. The third-order valence-electron chi connectivity index (χ3n) is 3.16. The van der Waals surface area contributed by atoms with Crippen molar-refractivity contribution in [2.24, 2.45) is 10.7 Å². The van der Waals surface area contributed by atoms with Crippen LogP contribution in [0.1, 0.15) is 16.3 Å². The normalized spacial score (nSPS) is 12.0. The van der Waals surface area contributed by atoms with Crippen LogP contribution in [0.4, 0.5) is 0 Å². The van der Waals surface area contributed by atoms with Gasteiger partial charge in [-0.05, 0) is 26.0 Å². The summed E-state index contributed by atoms with van der Waals surface area (Å²) in [6.45, 7) is 3.86. The van der Waals surface area contributed by atoms with Gasteiger partial charge in [-0.2, -0.15) is 5.10 Å². The Balaban J connectivity index is 2.20. The van der Waals surface area contributed by atoms with Crippen LogP contribution in [0.3, 0.4) is 0 Å². The van der Waals surface area contributed by atoms with E-state index in [9.17, 15) is 0 Å². The molecule has 3 N–H and O–H groups in total. The molecule has 0 aliphatic heterocycles. The average Bonchev–Trinajstić information content (AvgIpc) is 2.98. The Morgan fingerprint density at radius 3 is 2.95 bits per heavy atom. The van der Waals surface area contributed by atoms with E-state index in [1.807, 2.05) is 42.8 Å². The molecular formula is C14H14N6S. The minimum atomic E-state index is 0.320. The lowest BCUT2D eigenvalue weighted by Gasteiger charge is -1.95. The number of aromatic nitrogens is 3. The van der Waals surface area contributed by atoms with E-state index in [0.29, 0.717) is 5.84 Å². The molecule has 3 aromatic heterocycles. The summed E-state index contributed by atoms with van der Waals surface area (Å²) in [6, 6.07) is 5.93. The zero-order valence-electron chi connectivity index (χ0n) is 11.7. The van der Waals surface area contributed by atoms with E-state index in [1.54, 1.807) is 0 Å². The first-order valence-electron chi connectivity index (χ1n) is 6.36. The highest BCUT2D eigenvalue weighted by Gasteiger charge is 2.18. The molecular weight excluding hydrogens is 284 g/mol. The van der Waals surface area contributed by atoms with Gasteiger partial charge in [-0.15, -0.1) is 11.3 Å². The molecule has 3 heterocycles. The van der Waals surface area contributed by atoms with Gasteiger partial charge in [-0.1, -0.05) is 6.07 Å². The fourth-order valence-corrected chi connectivity index (χ4v) is 3.33. The van der Waals surface area contributed by atoms with Gasteiger partial charge in [-0.3, -0.25) is 5.41 Å². The average molecular weight is 298 g/mol. The SMILES string of the molecule is Cc1nc(-c2c(C)nn3ccccc23)sc1C(N)=NC=N. The smallest absolute Gasteiger partial charge is 0.144 e. The lowest BCUT2D eigenvalue weighted by Crippen LogP contribution is -2.12. The quantitative estimate of drug-likeness (QED) is 0.574. The van der Waals surface area contributed by atoms with E-state index in [4.69, 9.17) is 11.1 Å². The maximum absolute atomic E-state index is 7.02. The van der Waals surface area contributed by atoms with E-state index in [-0.39, 0.29) is 0 Å². The predicted octanol–water partition coefficient (Wildman–Crippen LogP) is 2.39. The Bertz CT molecular complexity index is 858. The van der Waals surface area contributed by atoms with Gasteiger partial charge in [0.2, 0.25) is 0 Å². The van der Waals surface area contributed by atoms with Crippen molar-refractivity contribution in [1.82, 2.24) is 14.6 Å². The summed E-state index contributed by atoms with van der Waals surface area (Å²) in [5, 5.41) is 12.4.